The van der Waals surface area contributed by atoms with E-state index in [0.29, 0.717) is 0 Å². The predicted molar refractivity (Wildman–Crippen MR) is 101 cm³/mol. The van der Waals surface area contributed by atoms with Crippen molar-refractivity contribution in [1.29, 1.82) is 0 Å². The summed E-state index contributed by atoms with van der Waals surface area (Å²) < 4.78 is 2.11. The lowest BCUT2D eigenvalue weighted by molar-refractivity contribution is 0.142. The standard InChI is InChI=1S/C19H26N6O/c1-15-4-2-3-5-18(15)21-19(26)24-10-8-23(9-11-24)14-16-12-17-13-20-6-7-25(17)22-16/h2-5,12,20H,6-11,13-14H2,1H3,(H,21,26). The van der Waals surface area contributed by atoms with Gasteiger partial charge in [-0.05, 0) is 24.6 Å². The van der Waals surface area contributed by atoms with Crippen molar-refractivity contribution < 1.29 is 4.79 Å². The van der Waals surface area contributed by atoms with Crippen LogP contribution in [0.2, 0.25) is 0 Å². The monoisotopic (exact) mass is 354 g/mol. The van der Waals surface area contributed by atoms with E-state index in [-0.39, 0.29) is 6.03 Å². The van der Waals surface area contributed by atoms with E-state index in [1.165, 1.54) is 5.69 Å². The minimum Gasteiger partial charge on any atom is -0.322 e. The molecule has 2 amide bonds. The first-order valence-corrected chi connectivity index (χ1v) is 9.29. The normalized spacial score (nSPS) is 17.8. The Morgan fingerprint density at radius 3 is 2.77 bits per heavy atom. The molecular weight excluding hydrogens is 328 g/mol. The maximum absolute atomic E-state index is 12.5. The minimum absolute atomic E-state index is 0.0116. The van der Waals surface area contributed by atoms with Crippen molar-refractivity contribution in [3.63, 3.8) is 0 Å². The van der Waals surface area contributed by atoms with E-state index in [1.54, 1.807) is 0 Å². The van der Waals surface area contributed by atoms with Gasteiger partial charge in [-0.15, -0.1) is 0 Å². The van der Waals surface area contributed by atoms with Crippen LogP contribution in [-0.4, -0.2) is 58.3 Å². The first kappa shape index (κ1) is 17.1. The first-order chi connectivity index (χ1) is 12.7. The molecular formula is C19H26N6O. The zero-order valence-electron chi connectivity index (χ0n) is 15.2. The molecule has 3 heterocycles. The Kier molecular flexibility index (Phi) is 4.90. The zero-order valence-corrected chi connectivity index (χ0v) is 15.2. The number of piperazine rings is 1. The molecule has 0 spiro atoms. The van der Waals surface area contributed by atoms with E-state index >= 15 is 0 Å². The topological polar surface area (TPSA) is 65.4 Å². The molecule has 0 saturated carbocycles. The molecule has 4 rings (SSSR count). The molecule has 1 saturated heterocycles. The Morgan fingerprint density at radius 2 is 2.00 bits per heavy atom. The van der Waals surface area contributed by atoms with Crippen LogP contribution in [0, 0.1) is 6.92 Å². The lowest BCUT2D eigenvalue weighted by atomic mass is 10.2. The summed E-state index contributed by atoms with van der Waals surface area (Å²) in [5.41, 5.74) is 4.36. The second-order valence-corrected chi connectivity index (χ2v) is 7.04. The third kappa shape index (κ3) is 3.73. The van der Waals surface area contributed by atoms with E-state index in [1.807, 2.05) is 36.1 Å². The molecule has 7 heteroatoms. The van der Waals surface area contributed by atoms with E-state index < -0.39 is 0 Å². The molecule has 7 nitrogen and oxygen atoms in total. The number of rotatable bonds is 3. The second kappa shape index (κ2) is 7.47. The van der Waals surface area contributed by atoms with Gasteiger partial charge in [0, 0.05) is 51.5 Å². The molecule has 0 radical (unpaired) electrons. The van der Waals surface area contributed by atoms with Gasteiger partial charge in [0.1, 0.15) is 0 Å². The summed E-state index contributed by atoms with van der Waals surface area (Å²) in [5, 5.41) is 11.1. The molecule has 0 bridgehead atoms. The van der Waals surface area contributed by atoms with Crippen LogP contribution in [0.25, 0.3) is 0 Å². The second-order valence-electron chi connectivity index (χ2n) is 7.04. The van der Waals surface area contributed by atoms with Crippen LogP contribution in [0.3, 0.4) is 0 Å². The molecule has 26 heavy (non-hydrogen) atoms. The summed E-state index contributed by atoms with van der Waals surface area (Å²) in [7, 11) is 0. The number of hydrogen-bond donors (Lipinski definition) is 2. The van der Waals surface area contributed by atoms with Gasteiger partial charge < -0.3 is 15.5 Å². The van der Waals surface area contributed by atoms with E-state index in [4.69, 9.17) is 5.10 Å². The van der Waals surface area contributed by atoms with Crippen molar-refractivity contribution in [3.05, 3.63) is 47.3 Å². The molecule has 138 valence electrons. The number of aromatic nitrogens is 2. The smallest absolute Gasteiger partial charge is 0.321 e. The number of carbonyl (C=O) groups excluding carboxylic acids is 1. The number of fused-ring (bicyclic) bond motifs is 1. The number of hydrogen-bond acceptors (Lipinski definition) is 4. The third-order valence-electron chi connectivity index (χ3n) is 5.15. The predicted octanol–water partition coefficient (Wildman–Crippen LogP) is 1.64. The molecule has 0 aliphatic carbocycles. The highest BCUT2D eigenvalue weighted by molar-refractivity contribution is 5.90. The maximum atomic E-state index is 12.5. The Balaban J connectivity index is 1.29. The highest BCUT2D eigenvalue weighted by Gasteiger charge is 2.22. The molecule has 2 N–H and O–H groups in total. The molecule has 1 aromatic heterocycles. The fourth-order valence-corrected chi connectivity index (χ4v) is 3.58. The van der Waals surface area contributed by atoms with Crippen LogP contribution in [-0.2, 0) is 19.6 Å². The minimum atomic E-state index is -0.0116. The number of carbonyl (C=O) groups is 1. The van der Waals surface area contributed by atoms with Crippen molar-refractivity contribution in [2.75, 3.05) is 38.0 Å². The summed E-state index contributed by atoms with van der Waals surface area (Å²) >= 11 is 0. The fraction of sp³-hybridized carbons (Fsp3) is 0.474. The van der Waals surface area contributed by atoms with E-state index in [0.717, 1.165) is 69.3 Å². The van der Waals surface area contributed by atoms with Gasteiger partial charge in [-0.2, -0.15) is 5.10 Å². The molecule has 1 aromatic carbocycles. The van der Waals surface area contributed by atoms with Gasteiger partial charge in [-0.1, -0.05) is 18.2 Å². The number of nitrogens with one attached hydrogen (secondary N) is 2. The fourth-order valence-electron chi connectivity index (χ4n) is 3.58. The zero-order chi connectivity index (χ0) is 17.9. The summed E-state index contributed by atoms with van der Waals surface area (Å²) in [6, 6.07) is 10.1. The number of nitrogens with zero attached hydrogens (tertiary/aromatic N) is 4. The molecule has 2 aliphatic heterocycles. The number of anilines is 1. The lowest BCUT2D eigenvalue weighted by Crippen LogP contribution is -2.49. The summed E-state index contributed by atoms with van der Waals surface area (Å²) in [4.78, 5) is 16.8. The van der Waals surface area contributed by atoms with Gasteiger partial charge in [-0.25, -0.2) is 4.79 Å². The molecule has 2 aromatic rings. The van der Waals surface area contributed by atoms with Gasteiger partial charge in [0.25, 0.3) is 0 Å². The van der Waals surface area contributed by atoms with Crippen LogP contribution < -0.4 is 10.6 Å². The van der Waals surface area contributed by atoms with Crippen molar-refractivity contribution in [3.8, 4) is 0 Å². The number of amides is 2. The molecule has 0 atom stereocenters. The van der Waals surface area contributed by atoms with Gasteiger partial charge in [0.05, 0.1) is 17.9 Å². The highest BCUT2D eigenvalue weighted by Crippen LogP contribution is 2.15. The van der Waals surface area contributed by atoms with Crippen molar-refractivity contribution in [1.82, 2.24) is 24.9 Å². The molecule has 1 fully saturated rings. The van der Waals surface area contributed by atoms with Crippen molar-refractivity contribution >= 4 is 11.7 Å². The van der Waals surface area contributed by atoms with Crippen molar-refractivity contribution in [2.24, 2.45) is 0 Å². The largest absolute Gasteiger partial charge is 0.322 e. The Labute approximate surface area is 154 Å². The number of urea groups is 1. The summed E-state index contributed by atoms with van der Waals surface area (Å²) in [6.45, 7) is 8.94. The summed E-state index contributed by atoms with van der Waals surface area (Å²) in [6.07, 6.45) is 0. The van der Waals surface area contributed by atoms with E-state index in [2.05, 4.69) is 26.3 Å². The van der Waals surface area contributed by atoms with Crippen LogP contribution >= 0.6 is 0 Å². The van der Waals surface area contributed by atoms with Crippen LogP contribution in [0.4, 0.5) is 10.5 Å². The highest BCUT2D eigenvalue weighted by atomic mass is 16.2. The average molecular weight is 354 g/mol. The van der Waals surface area contributed by atoms with Gasteiger partial charge in [0.15, 0.2) is 0 Å². The van der Waals surface area contributed by atoms with Gasteiger partial charge in [-0.3, -0.25) is 9.58 Å². The number of benzene rings is 1. The van der Waals surface area contributed by atoms with Crippen molar-refractivity contribution in [2.45, 2.75) is 26.6 Å². The van der Waals surface area contributed by atoms with E-state index in [9.17, 15) is 4.79 Å². The Bertz CT molecular complexity index is 755. The Morgan fingerprint density at radius 1 is 1.19 bits per heavy atom. The quantitative estimate of drug-likeness (QED) is 0.880. The van der Waals surface area contributed by atoms with Crippen LogP contribution in [0.5, 0.6) is 0 Å². The SMILES string of the molecule is Cc1ccccc1NC(=O)N1CCN(Cc2cc3n(n2)CCNC3)CC1. The van der Waals surface area contributed by atoms with Crippen LogP contribution in [0.15, 0.2) is 30.3 Å². The average Bonchev–Trinajstić information content (AvgIpc) is 3.06. The summed E-state index contributed by atoms with van der Waals surface area (Å²) in [5.74, 6) is 0. The van der Waals surface area contributed by atoms with Gasteiger partial charge >= 0.3 is 6.03 Å². The number of aryl methyl sites for hydroxylation is 1. The molecule has 0 unspecified atom stereocenters. The maximum Gasteiger partial charge on any atom is 0.321 e. The Hall–Kier alpha value is -2.38. The van der Waals surface area contributed by atoms with Crippen LogP contribution in [0.1, 0.15) is 17.0 Å². The van der Waals surface area contributed by atoms with Gasteiger partial charge in [0.2, 0.25) is 0 Å². The number of para-hydroxylation sites is 1. The first-order valence-electron chi connectivity index (χ1n) is 9.29. The molecule has 2 aliphatic rings. The third-order valence-corrected chi connectivity index (χ3v) is 5.15. The lowest BCUT2D eigenvalue weighted by Gasteiger charge is -2.34.